The van der Waals surface area contributed by atoms with E-state index in [4.69, 9.17) is 9.47 Å². The molecule has 1 saturated heterocycles. The number of carbonyl (C=O) groups is 4. The minimum Gasteiger partial charge on any atom is -0.449 e. The number of nitrogens with zero attached hydrogens (tertiary/aromatic N) is 1. The SMILES string of the molecule is CC(C)NC(=O)[C@H](CCCNC(=O)OCC1c2ccccc2-c2ccccc21)NC(=O)C1CCCN1C(=O)OC(C)(C)C. The predicted octanol–water partition coefficient (Wildman–Crippen LogP) is 4.71. The van der Waals surface area contributed by atoms with Gasteiger partial charge in [0.1, 0.15) is 24.3 Å². The van der Waals surface area contributed by atoms with Crippen molar-refractivity contribution in [1.82, 2.24) is 20.9 Å². The van der Waals surface area contributed by atoms with Crippen molar-refractivity contribution in [2.24, 2.45) is 0 Å². The molecule has 10 nitrogen and oxygen atoms in total. The Bertz CT molecular complexity index is 1270. The molecule has 2 aliphatic rings. The van der Waals surface area contributed by atoms with Gasteiger partial charge in [-0.3, -0.25) is 14.5 Å². The van der Waals surface area contributed by atoms with Crippen LogP contribution in [0.3, 0.4) is 0 Å². The lowest BCUT2D eigenvalue weighted by atomic mass is 9.98. The molecule has 0 aromatic heterocycles. The fourth-order valence-corrected chi connectivity index (χ4v) is 5.65. The summed E-state index contributed by atoms with van der Waals surface area (Å²) in [5.41, 5.74) is 3.91. The summed E-state index contributed by atoms with van der Waals surface area (Å²) < 4.78 is 11.1. The number of likely N-dealkylation sites (tertiary alicyclic amines) is 1. The van der Waals surface area contributed by atoms with E-state index in [1.807, 2.05) is 38.1 Å². The third-order valence-corrected chi connectivity index (χ3v) is 7.53. The van der Waals surface area contributed by atoms with E-state index in [0.29, 0.717) is 32.2 Å². The summed E-state index contributed by atoms with van der Waals surface area (Å²) in [5, 5.41) is 8.45. The van der Waals surface area contributed by atoms with Crippen LogP contribution in [0.2, 0.25) is 0 Å². The molecule has 1 aliphatic heterocycles. The molecule has 2 atom stereocenters. The van der Waals surface area contributed by atoms with Crippen LogP contribution in [-0.2, 0) is 19.1 Å². The normalized spacial score (nSPS) is 16.7. The van der Waals surface area contributed by atoms with Crippen LogP contribution in [0.25, 0.3) is 11.1 Å². The highest BCUT2D eigenvalue weighted by molar-refractivity contribution is 5.91. The van der Waals surface area contributed by atoms with Crippen LogP contribution >= 0.6 is 0 Å². The first kappa shape index (κ1) is 31.8. The van der Waals surface area contributed by atoms with Gasteiger partial charge in [-0.05, 0) is 82.6 Å². The maximum atomic E-state index is 13.2. The Morgan fingerprint density at radius 2 is 1.58 bits per heavy atom. The van der Waals surface area contributed by atoms with Crippen LogP contribution in [0.1, 0.15) is 77.3 Å². The molecule has 43 heavy (non-hydrogen) atoms. The molecule has 4 rings (SSSR count). The summed E-state index contributed by atoms with van der Waals surface area (Å²) in [5.74, 6) is -0.739. The van der Waals surface area contributed by atoms with Gasteiger partial charge >= 0.3 is 12.2 Å². The second kappa shape index (κ2) is 13.9. The van der Waals surface area contributed by atoms with Gasteiger partial charge in [-0.25, -0.2) is 9.59 Å². The summed E-state index contributed by atoms with van der Waals surface area (Å²) >= 11 is 0. The second-order valence-electron chi connectivity index (χ2n) is 12.5. The molecular formula is C33H44N4O6. The number of hydrogen-bond acceptors (Lipinski definition) is 6. The molecule has 3 N–H and O–H groups in total. The number of nitrogens with one attached hydrogen (secondary N) is 3. The first-order valence-corrected chi connectivity index (χ1v) is 15.1. The Kier molecular flexibility index (Phi) is 10.3. The molecule has 10 heteroatoms. The predicted molar refractivity (Wildman–Crippen MR) is 163 cm³/mol. The highest BCUT2D eigenvalue weighted by Gasteiger charge is 2.38. The van der Waals surface area contributed by atoms with Crippen molar-refractivity contribution in [3.05, 3.63) is 59.7 Å². The van der Waals surface area contributed by atoms with E-state index in [1.54, 1.807) is 20.8 Å². The van der Waals surface area contributed by atoms with E-state index in [0.717, 1.165) is 22.3 Å². The standard InChI is InChI=1S/C33H44N4O6/c1-21(2)35-29(38)27(36-30(39)28-17-11-19-37(28)32(41)43-33(3,4)5)16-10-18-34-31(40)42-20-26-24-14-8-6-12-22(24)23-13-7-9-15-25(23)26/h6-9,12-15,21,26-28H,10-11,16-20H2,1-5H3,(H,34,40)(H,35,38)(H,36,39)/t27-,28?/m0/s1. The van der Waals surface area contributed by atoms with Crippen molar-refractivity contribution in [2.75, 3.05) is 19.7 Å². The molecule has 0 bridgehead atoms. The van der Waals surface area contributed by atoms with Crippen molar-refractivity contribution in [3.8, 4) is 11.1 Å². The smallest absolute Gasteiger partial charge is 0.410 e. The summed E-state index contributed by atoms with van der Waals surface area (Å²) in [4.78, 5) is 52.8. The van der Waals surface area contributed by atoms with Crippen LogP contribution in [0.4, 0.5) is 9.59 Å². The number of amides is 4. The van der Waals surface area contributed by atoms with Gasteiger partial charge in [0.15, 0.2) is 0 Å². The van der Waals surface area contributed by atoms with Crippen molar-refractivity contribution < 1.29 is 28.7 Å². The minimum atomic E-state index is -0.819. The van der Waals surface area contributed by atoms with Crippen molar-refractivity contribution in [1.29, 1.82) is 0 Å². The largest absolute Gasteiger partial charge is 0.449 e. The van der Waals surface area contributed by atoms with Gasteiger partial charge in [-0.2, -0.15) is 0 Å². The Labute approximate surface area is 253 Å². The van der Waals surface area contributed by atoms with Gasteiger partial charge in [0.2, 0.25) is 11.8 Å². The van der Waals surface area contributed by atoms with Crippen molar-refractivity contribution >= 4 is 24.0 Å². The van der Waals surface area contributed by atoms with Crippen LogP contribution in [0.15, 0.2) is 48.5 Å². The van der Waals surface area contributed by atoms with E-state index in [-0.39, 0.29) is 31.0 Å². The summed E-state index contributed by atoms with van der Waals surface area (Å²) in [7, 11) is 0. The minimum absolute atomic E-state index is 0.0340. The first-order valence-electron chi connectivity index (χ1n) is 15.1. The topological polar surface area (TPSA) is 126 Å². The molecule has 0 spiro atoms. The van der Waals surface area contributed by atoms with E-state index < -0.39 is 35.8 Å². The first-order chi connectivity index (χ1) is 20.4. The highest BCUT2D eigenvalue weighted by Crippen LogP contribution is 2.44. The number of ether oxygens (including phenoxy) is 2. The summed E-state index contributed by atoms with van der Waals surface area (Å²) in [6, 6.07) is 14.7. The molecule has 2 aromatic carbocycles. The lowest BCUT2D eigenvalue weighted by Crippen LogP contribution is -2.54. The second-order valence-corrected chi connectivity index (χ2v) is 12.5. The van der Waals surface area contributed by atoms with Gasteiger partial charge in [0.25, 0.3) is 0 Å². The molecule has 1 heterocycles. The number of rotatable bonds is 10. The van der Waals surface area contributed by atoms with E-state index in [1.165, 1.54) is 4.90 Å². The van der Waals surface area contributed by atoms with E-state index in [2.05, 4.69) is 40.2 Å². The maximum absolute atomic E-state index is 13.2. The molecular weight excluding hydrogens is 548 g/mol. The average molecular weight is 593 g/mol. The lowest BCUT2D eigenvalue weighted by molar-refractivity contribution is -0.131. The number of benzene rings is 2. The fraction of sp³-hybridized carbons (Fsp3) is 0.515. The number of hydrogen-bond donors (Lipinski definition) is 3. The quantitative estimate of drug-likeness (QED) is 0.343. The van der Waals surface area contributed by atoms with Crippen LogP contribution in [-0.4, -0.2) is 72.3 Å². The van der Waals surface area contributed by atoms with Gasteiger partial charge in [-0.15, -0.1) is 0 Å². The number of alkyl carbamates (subject to hydrolysis) is 1. The van der Waals surface area contributed by atoms with Crippen LogP contribution in [0, 0.1) is 0 Å². The van der Waals surface area contributed by atoms with E-state index in [9.17, 15) is 19.2 Å². The van der Waals surface area contributed by atoms with Gasteiger partial charge in [-0.1, -0.05) is 48.5 Å². The zero-order valence-electron chi connectivity index (χ0n) is 25.8. The van der Waals surface area contributed by atoms with Crippen LogP contribution < -0.4 is 16.0 Å². The third kappa shape index (κ3) is 8.27. The Morgan fingerprint density at radius 1 is 0.953 bits per heavy atom. The van der Waals surface area contributed by atoms with Crippen molar-refractivity contribution in [3.63, 3.8) is 0 Å². The van der Waals surface area contributed by atoms with Crippen LogP contribution in [0.5, 0.6) is 0 Å². The average Bonchev–Trinajstić information content (AvgIpc) is 3.56. The Balaban J connectivity index is 1.28. The zero-order valence-corrected chi connectivity index (χ0v) is 25.8. The fourth-order valence-electron chi connectivity index (χ4n) is 5.65. The molecule has 1 unspecified atom stereocenters. The van der Waals surface area contributed by atoms with Gasteiger partial charge in [0.05, 0.1) is 0 Å². The van der Waals surface area contributed by atoms with E-state index >= 15 is 0 Å². The summed E-state index contributed by atoms with van der Waals surface area (Å²) in [6.45, 7) is 9.92. The lowest BCUT2D eigenvalue weighted by Gasteiger charge is -2.29. The zero-order chi connectivity index (χ0) is 31.1. The molecule has 0 radical (unpaired) electrons. The number of fused-ring (bicyclic) bond motifs is 3. The Morgan fingerprint density at radius 3 is 2.19 bits per heavy atom. The number of carbonyl (C=O) groups excluding carboxylic acids is 4. The monoisotopic (exact) mass is 592 g/mol. The van der Waals surface area contributed by atoms with Gasteiger partial charge < -0.3 is 25.4 Å². The molecule has 1 fully saturated rings. The molecule has 0 saturated carbocycles. The highest BCUT2D eigenvalue weighted by atomic mass is 16.6. The van der Waals surface area contributed by atoms with Crippen molar-refractivity contribution in [2.45, 2.75) is 89.9 Å². The third-order valence-electron chi connectivity index (χ3n) is 7.53. The molecule has 2 aromatic rings. The maximum Gasteiger partial charge on any atom is 0.410 e. The van der Waals surface area contributed by atoms with Gasteiger partial charge in [0, 0.05) is 25.0 Å². The molecule has 1 aliphatic carbocycles. The molecule has 4 amide bonds. The Hall–Kier alpha value is -4.08. The summed E-state index contributed by atoms with van der Waals surface area (Å²) in [6.07, 6.45) is 0.819. The molecule has 232 valence electrons.